The molecule has 3 unspecified atom stereocenters. The highest BCUT2D eigenvalue weighted by atomic mass is 19.1. The number of halogens is 1. The van der Waals surface area contributed by atoms with E-state index in [1.165, 1.54) is 6.07 Å². The number of rotatable bonds is 4. The summed E-state index contributed by atoms with van der Waals surface area (Å²) in [4.78, 5) is 13.0. The van der Waals surface area contributed by atoms with Crippen molar-refractivity contribution in [1.82, 2.24) is 4.90 Å². The molecule has 4 nitrogen and oxygen atoms in total. The van der Waals surface area contributed by atoms with Crippen LogP contribution >= 0.6 is 0 Å². The van der Waals surface area contributed by atoms with Crippen molar-refractivity contribution < 1.29 is 19.4 Å². The minimum absolute atomic E-state index is 0.307. The van der Waals surface area contributed by atoms with Crippen LogP contribution in [0.4, 0.5) is 4.39 Å². The molecule has 5 heteroatoms. The van der Waals surface area contributed by atoms with Gasteiger partial charge in [0.25, 0.3) is 0 Å². The van der Waals surface area contributed by atoms with Crippen LogP contribution in [0.25, 0.3) is 0 Å². The van der Waals surface area contributed by atoms with E-state index in [9.17, 15) is 19.4 Å². The SMILES string of the molecule is Cc1cc(C(O)C(C)N2CCCC2C(=O)O)ccc1F. The Balaban J connectivity index is 2.17. The second kappa shape index (κ2) is 5.89. The van der Waals surface area contributed by atoms with Gasteiger partial charge in [0.15, 0.2) is 0 Å². The molecule has 1 aromatic rings. The first-order valence-corrected chi connectivity index (χ1v) is 6.84. The highest BCUT2D eigenvalue weighted by molar-refractivity contribution is 5.73. The maximum Gasteiger partial charge on any atom is 0.320 e. The lowest BCUT2D eigenvalue weighted by Gasteiger charge is -2.32. The molecule has 0 aliphatic carbocycles. The molecule has 1 heterocycles. The highest BCUT2D eigenvalue weighted by Gasteiger charge is 2.36. The zero-order valence-electron chi connectivity index (χ0n) is 11.7. The predicted molar refractivity (Wildman–Crippen MR) is 72.9 cm³/mol. The standard InChI is InChI=1S/C15H20FNO3/c1-9-8-11(5-6-12(9)16)14(18)10(2)17-7-3-4-13(17)15(19)20/h5-6,8,10,13-14,18H,3-4,7H2,1-2H3,(H,19,20). The number of likely N-dealkylation sites (tertiary alicyclic amines) is 1. The summed E-state index contributed by atoms with van der Waals surface area (Å²) in [6.45, 7) is 4.12. The van der Waals surface area contributed by atoms with Crippen LogP contribution in [0, 0.1) is 12.7 Å². The van der Waals surface area contributed by atoms with Gasteiger partial charge in [-0.2, -0.15) is 0 Å². The quantitative estimate of drug-likeness (QED) is 0.887. The number of hydrogen-bond acceptors (Lipinski definition) is 3. The monoisotopic (exact) mass is 281 g/mol. The summed E-state index contributed by atoms with van der Waals surface area (Å²) in [5.41, 5.74) is 1.09. The zero-order chi connectivity index (χ0) is 14.9. The molecule has 2 N–H and O–H groups in total. The molecule has 0 aromatic heterocycles. The normalized spacial score (nSPS) is 22.7. The van der Waals surface area contributed by atoms with Gasteiger partial charge < -0.3 is 10.2 Å². The summed E-state index contributed by atoms with van der Waals surface area (Å²) in [7, 11) is 0. The molecule has 1 saturated heterocycles. The Labute approximate surface area is 117 Å². The molecule has 1 aromatic carbocycles. The molecule has 1 aliphatic heterocycles. The first kappa shape index (κ1) is 14.9. The molecule has 1 fully saturated rings. The van der Waals surface area contributed by atoms with E-state index in [4.69, 9.17) is 0 Å². The smallest absolute Gasteiger partial charge is 0.320 e. The third-order valence-electron chi connectivity index (χ3n) is 4.08. The van der Waals surface area contributed by atoms with E-state index in [0.717, 1.165) is 6.42 Å². The van der Waals surface area contributed by atoms with Crippen molar-refractivity contribution in [2.45, 2.75) is 44.9 Å². The second-order valence-electron chi connectivity index (χ2n) is 5.43. The van der Waals surface area contributed by atoms with E-state index in [1.54, 1.807) is 19.1 Å². The van der Waals surface area contributed by atoms with E-state index in [1.807, 2.05) is 11.8 Å². The molecule has 0 spiro atoms. The number of aliphatic hydroxyl groups is 1. The van der Waals surface area contributed by atoms with E-state index in [0.29, 0.717) is 24.1 Å². The molecule has 20 heavy (non-hydrogen) atoms. The Hall–Kier alpha value is -1.46. The number of nitrogens with zero attached hydrogens (tertiary/aromatic N) is 1. The molecular weight excluding hydrogens is 261 g/mol. The lowest BCUT2D eigenvalue weighted by Crippen LogP contribution is -2.44. The van der Waals surface area contributed by atoms with Crippen LogP contribution in [0.5, 0.6) is 0 Å². The van der Waals surface area contributed by atoms with Gasteiger partial charge in [0.1, 0.15) is 11.9 Å². The van der Waals surface area contributed by atoms with E-state index >= 15 is 0 Å². The first-order chi connectivity index (χ1) is 9.41. The Kier molecular flexibility index (Phi) is 4.40. The van der Waals surface area contributed by atoms with Crippen LogP contribution in [0.2, 0.25) is 0 Å². The highest BCUT2D eigenvalue weighted by Crippen LogP contribution is 2.28. The van der Waals surface area contributed by atoms with E-state index in [-0.39, 0.29) is 11.9 Å². The van der Waals surface area contributed by atoms with Crippen LogP contribution in [0.15, 0.2) is 18.2 Å². The number of aliphatic carboxylic acids is 1. The van der Waals surface area contributed by atoms with Crippen molar-refractivity contribution in [3.8, 4) is 0 Å². The van der Waals surface area contributed by atoms with Crippen molar-refractivity contribution in [3.05, 3.63) is 35.1 Å². The molecule has 0 radical (unpaired) electrons. The van der Waals surface area contributed by atoms with Gasteiger partial charge in [-0.15, -0.1) is 0 Å². The van der Waals surface area contributed by atoms with Gasteiger partial charge in [-0.25, -0.2) is 4.39 Å². The van der Waals surface area contributed by atoms with Gasteiger partial charge >= 0.3 is 5.97 Å². The number of hydrogen-bond donors (Lipinski definition) is 2. The third-order valence-corrected chi connectivity index (χ3v) is 4.08. The third kappa shape index (κ3) is 2.83. The van der Waals surface area contributed by atoms with E-state index in [2.05, 4.69) is 0 Å². The maximum atomic E-state index is 13.3. The number of carboxylic acid groups (broad SMARTS) is 1. The lowest BCUT2D eigenvalue weighted by atomic mass is 9.99. The van der Waals surface area contributed by atoms with Crippen LogP contribution in [0.3, 0.4) is 0 Å². The lowest BCUT2D eigenvalue weighted by molar-refractivity contribution is -0.143. The van der Waals surface area contributed by atoms with Crippen molar-refractivity contribution >= 4 is 5.97 Å². The first-order valence-electron chi connectivity index (χ1n) is 6.84. The number of aryl methyl sites for hydroxylation is 1. The molecule has 2 rings (SSSR count). The van der Waals surface area contributed by atoms with Crippen molar-refractivity contribution in [1.29, 1.82) is 0 Å². The van der Waals surface area contributed by atoms with Gasteiger partial charge in [-0.05, 0) is 50.4 Å². The fourth-order valence-electron chi connectivity index (χ4n) is 2.85. The summed E-state index contributed by atoms with van der Waals surface area (Å²) < 4.78 is 13.3. The van der Waals surface area contributed by atoms with Crippen LogP contribution in [-0.2, 0) is 4.79 Å². The summed E-state index contributed by atoms with van der Waals surface area (Å²) in [6.07, 6.45) is 0.597. The number of aliphatic hydroxyl groups excluding tert-OH is 1. The van der Waals surface area contributed by atoms with E-state index < -0.39 is 18.1 Å². The summed E-state index contributed by atoms with van der Waals surface area (Å²) >= 11 is 0. The average Bonchev–Trinajstić information content (AvgIpc) is 2.89. The average molecular weight is 281 g/mol. The summed E-state index contributed by atoms with van der Waals surface area (Å²) in [6, 6.07) is 3.64. The molecular formula is C15H20FNO3. The fraction of sp³-hybridized carbons (Fsp3) is 0.533. The van der Waals surface area contributed by atoms with Crippen molar-refractivity contribution in [3.63, 3.8) is 0 Å². The molecule has 0 saturated carbocycles. The number of benzene rings is 1. The summed E-state index contributed by atoms with van der Waals surface area (Å²) in [5.74, 6) is -1.16. The minimum atomic E-state index is -0.850. The molecule has 0 amide bonds. The summed E-state index contributed by atoms with van der Waals surface area (Å²) in [5, 5.41) is 19.6. The molecule has 0 bridgehead atoms. The number of carboxylic acids is 1. The topological polar surface area (TPSA) is 60.8 Å². The van der Waals surface area contributed by atoms with Crippen LogP contribution < -0.4 is 0 Å². The predicted octanol–water partition coefficient (Wildman–Crippen LogP) is 2.11. The van der Waals surface area contributed by atoms with Crippen LogP contribution in [-0.4, -0.2) is 39.7 Å². The molecule has 1 aliphatic rings. The molecule has 3 atom stereocenters. The Morgan fingerprint density at radius 2 is 2.20 bits per heavy atom. The minimum Gasteiger partial charge on any atom is -0.480 e. The van der Waals surface area contributed by atoms with Crippen molar-refractivity contribution in [2.75, 3.05) is 6.54 Å². The van der Waals surface area contributed by atoms with Crippen LogP contribution in [0.1, 0.15) is 37.0 Å². The van der Waals surface area contributed by atoms with Crippen molar-refractivity contribution in [2.24, 2.45) is 0 Å². The van der Waals surface area contributed by atoms with Gasteiger partial charge in [0, 0.05) is 6.04 Å². The van der Waals surface area contributed by atoms with Gasteiger partial charge in [-0.3, -0.25) is 9.69 Å². The Morgan fingerprint density at radius 1 is 1.50 bits per heavy atom. The largest absolute Gasteiger partial charge is 0.480 e. The Bertz CT molecular complexity index is 506. The number of carbonyl (C=O) groups is 1. The van der Waals surface area contributed by atoms with Gasteiger partial charge in [-0.1, -0.05) is 12.1 Å². The Morgan fingerprint density at radius 3 is 2.80 bits per heavy atom. The second-order valence-corrected chi connectivity index (χ2v) is 5.43. The fourth-order valence-corrected chi connectivity index (χ4v) is 2.85. The maximum absolute atomic E-state index is 13.3. The molecule has 110 valence electrons. The van der Waals surface area contributed by atoms with Gasteiger partial charge in [0.2, 0.25) is 0 Å². The van der Waals surface area contributed by atoms with Gasteiger partial charge in [0.05, 0.1) is 6.10 Å². The zero-order valence-corrected chi connectivity index (χ0v) is 11.7.